The van der Waals surface area contributed by atoms with Crippen LogP contribution in [0.5, 0.6) is 5.75 Å². The Balaban J connectivity index is 1.78. The van der Waals surface area contributed by atoms with Crippen LogP contribution in [0.15, 0.2) is 48.8 Å². The van der Waals surface area contributed by atoms with E-state index in [1.165, 1.54) is 6.33 Å². The summed E-state index contributed by atoms with van der Waals surface area (Å²) in [5.41, 5.74) is 2.65. The fourth-order valence-corrected chi connectivity index (χ4v) is 2.07. The van der Waals surface area contributed by atoms with E-state index in [9.17, 15) is 5.11 Å². The number of halogens is 1. The maximum Gasteiger partial charge on any atom is 0.143 e. The van der Waals surface area contributed by atoms with Gasteiger partial charge in [-0.1, -0.05) is 23.7 Å². The third-order valence-electron chi connectivity index (χ3n) is 2.98. The Morgan fingerprint density at radius 3 is 2.67 bits per heavy atom. The lowest BCUT2D eigenvalue weighted by atomic mass is 10.2. The van der Waals surface area contributed by atoms with E-state index in [2.05, 4.69) is 20.8 Å². The van der Waals surface area contributed by atoms with E-state index in [0.717, 1.165) is 16.9 Å². The molecule has 3 rings (SSSR count). The SMILES string of the molecule is Oc1ccc(CNc2cc(-n3cnnn3)ccc2Cl)cc1. The van der Waals surface area contributed by atoms with Crippen LogP contribution in [0.4, 0.5) is 5.69 Å². The van der Waals surface area contributed by atoms with Gasteiger partial charge >= 0.3 is 0 Å². The number of phenols is 1. The van der Waals surface area contributed by atoms with E-state index in [0.29, 0.717) is 11.6 Å². The van der Waals surface area contributed by atoms with E-state index in [-0.39, 0.29) is 5.75 Å². The van der Waals surface area contributed by atoms with E-state index in [4.69, 9.17) is 11.6 Å². The highest BCUT2D eigenvalue weighted by Gasteiger charge is 2.04. The first-order valence-corrected chi connectivity index (χ1v) is 6.65. The summed E-state index contributed by atoms with van der Waals surface area (Å²) in [6.45, 7) is 0.596. The molecule has 0 fully saturated rings. The van der Waals surface area contributed by atoms with Crippen molar-refractivity contribution in [3.05, 3.63) is 59.4 Å². The molecule has 0 saturated carbocycles. The molecule has 1 aromatic heterocycles. The third kappa shape index (κ3) is 3.11. The lowest BCUT2D eigenvalue weighted by molar-refractivity contribution is 0.475. The first kappa shape index (κ1) is 13.4. The van der Waals surface area contributed by atoms with Crippen molar-refractivity contribution in [3.8, 4) is 11.4 Å². The molecular weight excluding hydrogens is 290 g/mol. The molecule has 0 aliphatic carbocycles. The number of rotatable bonds is 4. The molecule has 6 nitrogen and oxygen atoms in total. The van der Waals surface area contributed by atoms with Gasteiger partial charge in [0.15, 0.2) is 0 Å². The molecule has 106 valence electrons. The van der Waals surface area contributed by atoms with Gasteiger partial charge in [0.1, 0.15) is 12.1 Å². The van der Waals surface area contributed by atoms with Gasteiger partial charge in [-0.05, 0) is 46.3 Å². The van der Waals surface area contributed by atoms with Crippen LogP contribution in [-0.2, 0) is 6.54 Å². The van der Waals surface area contributed by atoms with Crippen LogP contribution in [0.25, 0.3) is 5.69 Å². The van der Waals surface area contributed by atoms with Gasteiger partial charge in [0.05, 0.1) is 16.4 Å². The molecule has 0 spiro atoms. The highest BCUT2D eigenvalue weighted by atomic mass is 35.5. The molecule has 0 atom stereocenters. The predicted molar refractivity (Wildman–Crippen MR) is 79.6 cm³/mol. The minimum Gasteiger partial charge on any atom is -0.508 e. The quantitative estimate of drug-likeness (QED) is 0.775. The fourth-order valence-electron chi connectivity index (χ4n) is 1.88. The predicted octanol–water partition coefficient (Wildman–Crippen LogP) is 2.63. The smallest absolute Gasteiger partial charge is 0.143 e. The summed E-state index contributed by atoms with van der Waals surface area (Å²) >= 11 is 6.19. The zero-order chi connectivity index (χ0) is 14.7. The highest BCUT2D eigenvalue weighted by Crippen LogP contribution is 2.25. The zero-order valence-electron chi connectivity index (χ0n) is 10.9. The van der Waals surface area contributed by atoms with Gasteiger partial charge in [0.25, 0.3) is 0 Å². The van der Waals surface area contributed by atoms with Gasteiger partial charge in [-0.3, -0.25) is 0 Å². The number of aromatic nitrogens is 4. The van der Waals surface area contributed by atoms with E-state index >= 15 is 0 Å². The minimum atomic E-state index is 0.248. The minimum absolute atomic E-state index is 0.248. The first-order chi connectivity index (χ1) is 10.2. The van der Waals surface area contributed by atoms with Crippen LogP contribution in [-0.4, -0.2) is 25.3 Å². The van der Waals surface area contributed by atoms with Gasteiger partial charge < -0.3 is 10.4 Å². The molecule has 0 radical (unpaired) electrons. The summed E-state index contributed by atoms with van der Waals surface area (Å²) in [6.07, 6.45) is 1.52. The summed E-state index contributed by atoms with van der Waals surface area (Å²) in [4.78, 5) is 0. The monoisotopic (exact) mass is 301 g/mol. The number of tetrazole rings is 1. The summed E-state index contributed by atoms with van der Waals surface area (Å²) in [5, 5.41) is 24.2. The Hall–Kier alpha value is -2.60. The molecule has 0 amide bonds. The second-order valence-electron chi connectivity index (χ2n) is 4.44. The Labute approximate surface area is 126 Å². The third-order valence-corrected chi connectivity index (χ3v) is 3.31. The van der Waals surface area contributed by atoms with E-state index < -0.39 is 0 Å². The molecule has 2 aromatic carbocycles. The zero-order valence-corrected chi connectivity index (χ0v) is 11.7. The summed E-state index contributed by atoms with van der Waals surface area (Å²) in [7, 11) is 0. The van der Waals surface area contributed by atoms with Crippen molar-refractivity contribution in [2.45, 2.75) is 6.54 Å². The van der Waals surface area contributed by atoms with Crippen LogP contribution in [0.1, 0.15) is 5.56 Å². The number of hydrogen-bond donors (Lipinski definition) is 2. The molecule has 0 aliphatic rings. The number of anilines is 1. The first-order valence-electron chi connectivity index (χ1n) is 6.27. The second-order valence-corrected chi connectivity index (χ2v) is 4.85. The maximum absolute atomic E-state index is 9.27. The van der Waals surface area contributed by atoms with Crippen molar-refractivity contribution in [1.82, 2.24) is 20.2 Å². The van der Waals surface area contributed by atoms with Crippen molar-refractivity contribution in [1.29, 1.82) is 0 Å². The van der Waals surface area contributed by atoms with Gasteiger partial charge in [-0.25, -0.2) is 4.68 Å². The van der Waals surface area contributed by atoms with Crippen LogP contribution in [0, 0.1) is 0 Å². The average Bonchev–Trinajstić information content (AvgIpc) is 3.02. The Bertz CT molecular complexity index is 728. The van der Waals surface area contributed by atoms with Gasteiger partial charge in [-0.2, -0.15) is 0 Å². The number of benzene rings is 2. The van der Waals surface area contributed by atoms with Gasteiger partial charge in [0.2, 0.25) is 0 Å². The molecule has 0 bridgehead atoms. The Morgan fingerprint density at radius 2 is 1.95 bits per heavy atom. The largest absolute Gasteiger partial charge is 0.508 e. The standard InChI is InChI=1S/C14H12ClN5O/c15-13-6-3-11(20-9-17-18-19-20)7-14(13)16-8-10-1-4-12(21)5-2-10/h1-7,9,16,21H,8H2. The normalized spacial score (nSPS) is 10.5. The van der Waals surface area contributed by atoms with Crippen LogP contribution in [0.2, 0.25) is 5.02 Å². The Kier molecular flexibility index (Phi) is 3.70. The molecule has 21 heavy (non-hydrogen) atoms. The second kappa shape index (κ2) is 5.80. The van der Waals surface area contributed by atoms with Crippen molar-refractivity contribution in [2.24, 2.45) is 0 Å². The molecule has 7 heteroatoms. The molecule has 3 aromatic rings. The Morgan fingerprint density at radius 1 is 1.14 bits per heavy atom. The molecule has 0 aliphatic heterocycles. The summed E-state index contributed by atoms with van der Waals surface area (Å²) in [5.74, 6) is 0.248. The lowest BCUT2D eigenvalue weighted by Gasteiger charge is -2.10. The molecule has 1 heterocycles. The maximum atomic E-state index is 9.27. The summed E-state index contributed by atoms with van der Waals surface area (Å²) in [6, 6.07) is 12.5. The van der Waals surface area contributed by atoms with E-state index in [1.54, 1.807) is 22.9 Å². The molecule has 0 unspecified atom stereocenters. The number of nitrogens with one attached hydrogen (secondary N) is 1. The highest BCUT2D eigenvalue weighted by molar-refractivity contribution is 6.33. The topological polar surface area (TPSA) is 75.9 Å². The van der Waals surface area contributed by atoms with Crippen molar-refractivity contribution >= 4 is 17.3 Å². The number of nitrogens with zero attached hydrogens (tertiary/aromatic N) is 4. The number of aromatic hydroxyl groups is 1. The summed E-state index contributed by atoms with van der Waals surface area (Å²) < 4.78 is 1.56. The van der Waals surface area contributed by atoms with Crippen LogP contribution < -0.4 is 5.32 Å². The van der Waals surface area contributed by atoms with Crippen LogP contribution in [0.3, 0.4) is 0 Å². The van der Waals surface area contributed by atoms with Gasteiger partial charge in [-0.15, -0.1) is 5.10 Å². The number of phenolic OH excluding ortho intramolecular Hbond substituents is 1. The average molecular weight is 302 g/mol. The fraction of sp³-hybridized carbons (Fsp3) is 0.0714. The number of hydrogen-bond acceptors (Lipinski definition) is 5. The van der Waals surface area contributed by atoms with Gasteiger partial charge in [0, 0.05) is 6.54 Å². The van der Waals surface area contributed by atoms with Crippen molar-refractivity contribution in [3.63, 3.8) is 0 Å². The van der Waals surface area contributed by atoms with Crippen molar-refractivity contribution in [2.75, 3.05) is 5.32 Å². The lowest BCUT2D eigenvalue weighted by Crippen LogP contribution is -2.02. The van der Waals surface area contributed by atoms with E-state index in [1.807, 2.05) is 24.3 Å². The van der Waals surface area contributed by atoms with Crippen molar-refractivity contribution < 1.29 is 5.11 Å². The molecule has 2 N–H and O–H groups in total. The molecule has 0 saturated heterocycles. The van der Waals surface area contributed by atoms with Crippen LogP contribution >= 0.6 is 11.6 Å². The molecular formula is C14H12ClN5O.